The zero-order valence-electron chi connectivity index (χ0n) is 15.2. The van der Waals surface area contributed by atoms with Crippen LogP contribution in [-0.2, 0) is 5.60 Å². The van der Waals surface area contributed by atoms with Gasteiger partial charge in [0.25, 0.3) is 0 Å². The van der Waals surface area contributed by atoms with Crippen LogP contribution >= 0.6 is 0 Å². The largest absolute Gasteiger partial charge is 0.497 e. The molecule has 134 valence electrons. The summed E-state index contributed by atoms with van der Waals surface area (Å²) in [4.78, 5) is 2.54. The number of methoxy groups -OCH3 is 1. The molecule has 1 atom stereocenters. The van der Waals surface area contributed by atoms with Crippen LogP contribution in [0.5, 0.6) is 5.75 Å². The van der Waals surface area contributed by atoms with Gasteiger partial charge in [0, 0.05) is 6.54 Å². The first kappa shape index (κ1) is 17.8. The van der Waals surface area contributed by atoms with Gasteiger partial charge in [-0.2, -0.15) is 0 Å². The Morgan fingerprint density at radius 1 is 1.00 bits per heavy atom. The molecule has 0 amide bonds. The molecule has 3 heteroatoms. The highest BCUT2D eigenvalue weighted by Crippen LogP contribution is 2.42. The van der Waals surface area contributed by atoms with E-state index in [0.29, 0.717) is 5.92 Å². The Bertz CT molecular complexity index is 489. The lowest BCUT2D eigenvalue weighted by molar-refractivity contribution is -0.0529. The van der Waals surface area contributed by atoms with Gasteiger partial charge in [-0.1, -0.05) is 37.8 Å². The van der Waals surface area contributed by atoms with E-state index in [0.717, 1.165) is 37.1 Å². The lowest BCUT2D eigenvalue weighted by Crippen LogP contribution is -2.41. The summed E-state index contributed by atoms with van der Waals surface area (Å²) in [5.41, 5.74) is 0.386. The normalized spacial score (nSPS) is 22.9. The molecule has 0 radical (unpaired) electrons. The Morgan fingerprint density at radius 3 is 2.25 bits per heavy atom. The van der Waals surface area contributed by atoms with E-state index >= 15 is 0 Å². The van der Waals surface area contributed by atoms with Gasteiger partial charge in [0.2, 0.25) is 0 Å². The maximum atomic E-state index is 11.7. The minimum atomic E-state index is -0.690. The van der Waals surface area contributed by atoms with Crippen molar-refractivity contribution in [3.8, 4) is 5.75 Å². The smallest absolute Gasteiger partial charge is 0.118 e. The number of likely N-dealkylation sites (tertiary alicyclic amines) is 1. The minimum absolute atomic E-state index is 0.393. The third-order valence-corrected chi connectivity index (χ3v) is 6.13. The maximum absolute atomic E-state index is 11.7. The number of hydrogen-bond acceptors (Lipinski definition) is 3. The van der Waals surface area contributed by atoms with Gasteiger partial charge < -0.3 is 14.7 Å². The zero-order chi connectivity index (χ0) is 16.8. The number of nitrogens with zero attached hydrogens (tertiary/aromatic N) is 1. The number of aliphatic hydroxyl groups is 1. The molecule has 0 bridgehead atoms. The first-order chi connectivity index (χ1) is 11.7. The Kier molecular flexibility index (Phi) is 6.18. The molecule has 2 fully saturated rings. The van der Waals surface area contributed by atoms with Crippen molar-refractivity contribution in [2.24, 2.45) is 5.92 Å². The molecule has 0 spiro atoms. The topological polar surface area (TPSA) is 32.7 Å². The monoisotopic (exact) mass is 331 g/mol. The molecule has 1 saturated carbocycles. The zero-order valence-corrected chi connectivity index (χ0v) is 15.2. The van der Waals surface area contributed by atoms with Crippen LogP contribution in [0.15, 0.2) is 24.3 Å². The molecule has 1 aliphatic carbocycles. The molecule has 1 heterocycles. The van der Waals surface area contributed by atoms with Crippen molar-refractivity contribution in [3.05, 3.63) is 29.8 Å². The molecular formula is C21H33NO2. The molecule has 2 aliphatic rings. The van der Waals surface area contributed by atoms with Crippen molar-refractivity contribution in [2.75, 3.05) is 26.7 Å². The minimum Gasteiger partial charge on any atom is -0.497 e. The number of ether oxygens (including phenoxy) is 1. The maximum Gasteiger partial charge on any atom is 0.118 e. The molecular weight excluding hydrogens is 298 g/mol. The highest BCUT2D eigenvalue weighted by atomic mass is 16.5. The number of hydrogen-bond donors (Lipinski definition) is 1. The van der Waals surface area contributed by atoms with Gasteiger partial charge in [0.1, 0.15) is 5.75 Å². The van der Waals surface area contributed by atoms with Gasteiger partial charge in [-0.15, -0.1) is 0 Å². The Hall–Kier alpha value is -1.06. The summed E-state index contributed by atoms with van der Waals surface area (Å²) in [7, 11) is 1.69. The van der Waals surface area contributed by atoms with E-state index in [1.165, 1.54) is 51.6 Å². The van der Waals surface area contributed by atoms with Crippen LogP contribution in [-0.4, -0.2) is 36.8 Å². The fraction of sp³-hybridized carbons (Fsp3) is 0.714. The first-order valence-electron chi connectivity index (χ1n) is 9.81. The van der Waals surface area contributed by atoms with Crippen LogP contribution in [0.1, 0.15) is 63.4 Å². The predicted molar refractivity (Wildman–Crippen MR) is 98.4 cm³/mol. The van der Waals surface area contributed by atoms with E-state index in [1.54, 1.807) is 7.11 Å². The summed E-state index contributed by atoms with van der Waals surface area (Å²) in [6.07, 6.45) is 11.0. The third kappa shape index (κ3) is 4.12. The fourth-order valence-electron chi connectivity index (χ4n) is 4.56. The van der Waals surface area contributed by atoms with Gasteiger partial charge in [-0.3, -0.25) is 0 Å². The molecule has 1 aliphatic heterocycles. The SMILES string of the molecule is COc1ccc([C@@](O)(CCN2CCCCC2)C2CCCCC2)cc1. The average Bonchev–Trinajstić information content (AvgIpc) is 2.68. The van der Waals surface area contributed by atoms with E-state index < -0.39 is 5.60 Å². The summed E-state index contributed by atoms with van der Waals surface area (Å²) in [6, 6.07) is 8.13. The van der Waals surface area contributed by atoms with Gasteiger partial charge in [0.15, 0.2) is 0 Å². The third-order valence-electron chi connectivity index (χ3n) is 6.13. The van der Waals surface area contributed by atoms with E-state index in [1.807, 2.05) is 12.1 Å². The average molecular weight is 332 g/mol. The summed E-state index contributed by atoms with van der Waals surface area (Å²) in [6.45, 7) is 3.41. The van der Waals surface area contributed by atoms with Gasteiger partial charge in [-0.25, -0.2) is 0 Å². The summed E-state index contributed by atoms with van der Waals surface area (Å²) < 4.78 is 5.29. The summed E-state index contributed by atoms with van der Waals surface area (Å²) >= 11 is 0. The van der Waals surface area contributed by atoms with Crippen molar-refractivity contribution >= 4 is 0 Å². The molecule has 3 rings (SSSR count). The molecule has 24 heavy (non-hydrogen) atoms. The fourth-order valence-corrected chi connectivity index (χ4v) is 4.56. The molecule has 1 N–H and O–H groups in total. The Labute approximate surface area is 147 Å². The van der Waals surface area contributed by atoms with E-state index in [2.05, 4.69) is 17.0 Å². The predicted octanol–water partition coefficient (Wildman–Crippen LogP) is 4.34. The molecule has 3 nitrogen and oxygen atoms in total. The quantitative estimate of drug-likeness (QED) is 0.842. The molecule has 1 saturated heterocycles. The highest BCUT2D eigenvalue weighted by molar-refractivity contribution is 5.31. The number of rotatable bonds is 6. The van der Waals surface area contributed by atoms with Crippen molar-refractivity contribution in [2.45, 2.75) is 63.4 Å². The van der Waals surface area contributed by atoms with E-state index in [9.17, 15) is 5.11 Å². The highest BCUT2D eigenvalue weighted by Gasteiger charge is 2.39. The van der Waals surface area contributed by atoms with Crippen molar-refractivity contribution in [3.63, 3.8) is 0 Å². The Morgan fingerprint density at radius 2 is 1.62 bits per heavy atom. The lowest BCUT2D eigenvalue weighted by Gasteiger charge is -2.41. The van der Waals surface area contributed by atoms with Crippen LogP contribution in [0, 0.1) is 5.92 Å². The number of piperidine rings is 1. The number of benzene rings is 1. The van der Waals surface area contributed by atoms with Gasteiger partial charge in [0.05, 0.1) is 12.7 Å². The van der Waals surface area contributed by atoms with Crippen LogP contribution in [0.4, 0.5) is 0 Å². The van der Waals surface area contributed by atoms with Crippen molar-refractivity contribution < 1.29 is 9.84 Å². The first-order valence-corrected chi connectivity index (χ1v) is 9.81. The van der Waals surface area contributed by atoms with Gasteiger partial charge in [-0.05, 0) is 68.8 Å². The molecule has 0 aromatic heterocycles. The molecule has 1 aromatic carbocycles. The van der Waals surface area contributed by atoms with Crippen LogP contribution in [0.25, 0.3) is 0 Å². The summed E-state index contributed by atoms with van der Waals surface area (Å²) in [5, 5.41) is 11.7. The standard InChI is InChI=1S/C21H33NO2/c1-24-20-12-10-19(11-13-20)21(23,18-8-4-2-5-9-18)14-17-22-15-6-3-7-16-22/h10-13,18,23H,2-9,14-17H2,1H3/t21-/m1/s1. The van der Waals surface area contributed by atoms with E-state index in [-0.39, 0.29) is 0 Å². The van der Waals surface area contributed by atoms with Crippen LogP contribution in [0.3, 0.4) is 0 Å². The molecule has 1 aromatic rings. The Balaban J connectivity index is 1.76. The summed E-state index contributed by atoms with van der Waals surface area (Å²) in [5.74, 6) is 1.25. The second-order valence-electron chi connectivity index (χ2n) is 7.64. The van der Waals surface area contributed by atoms with Crippen LogP contribution < -0.4 is 4.74 Å². The second kappa shape index (κ2) is 8.35. The second-order valence-corrected chi connectivity index (χ2v) is 7.64. The van der Waals surface area contributed by atoms with Crippen molar-refractivity contribution in [1.29, 1.82) is 0 Å². The molecule has 0 unspecified atom stereocenters. The van der Waals surface area contributed by atoms with E-state index in [4.69, 9.17) is 4.74 Å². The van der Waals surface area contributed by atoms with Crippen LogP contribution in [0.2, 0.25) is 0 Å². The van der Waals surface area contributed by atoms with Crippen molar-refractivity contribution in [1.82, 2.24) is 4.90 Å². The van der Waals surface area contributed by atoms with Gasteiger partial charge >= 0.3 is 0 Å². The lowest BCUT2D eigenvalue weighted by atomic mass is 9.71.